The van der Waals surface area contributed by atoms with E-state index in [-0.39, 0.29) is 123 Å². The molecule has 15 rings (SSSR count). The van der Waals surface area contributed by atoms with E-state index < -0.39 is 0 Å². The van der Waals surface area contributed by atoms with Crippen LogP contribution in [-0.4, -0.2) is 57.9 Å². The summed E-state index contributed by atoms with van der Waals surface area (Å²) in [5.41, 5.74) is -2.55. The second-order valence-corrected chi connectivity index (χ2v) is 43.3. The molecule has 14 bridgehead atoms. The van der Waals surface area contributed by atoms with Crippen LogP contribution < -0.4 is 0 Å². The van der Waals surface area contributed by atoms with Crippen molar-refractivity contribution >= 4 is 29.8 Å². The molecule has 0 heterocycles. The molecule has 620 valence electrons. The van der Waals surface area contributed by atoms with Crippen LogP contribution in [0.15, 0.2) is 0 Å². The molecule has 10 nitrogen and oxygen atoms in total. The van der Waals surface area contributed by atoms with Crippen LogP contribution in [0.3, 0.4) is 0 Å². The van der Waals surface area contributed by atoms with Crippen molar-refractivity contribution in [2.75, 3.05) is 0 Å². The van der Waals surface area contributed by atoms with Crippen molar-refractivity contribution in [3.8, 4) is 0 Å². The normalized spacial score (nSPS) is 32.0. The molecular formula is C96H176O10. The Hall–Kier alpha value is -2.65. The largest absolute Gasteiger partial charge is 0.460 e. The first kappa shape index (κ1) is 95.7. The van der Waals surface area contributed by atoms with Gasteiger partial charge in [0.05, 0.1) is 27.1 Å². The van der Waals surface area contributed by atoms with Gasteiger partial charge in [0.25, 0.3) is 0 Å². The van der Waals surface area contributed by atoms with Gasteiger partial charge in [0, 0.05) is 16.2 Å². The standard InChI is InChI=1S/C22H38O2.C20H34O2.C19H32O2.C15H28O2.C10H20O2.C7H12.3CH4/c1-6-8-9-21(5,24-19(23)20(3,4)7-2)22-13-16-10-17(14-22)12-18(11-16)15-22;1-6-18(3,4)17(21)22-19(5,7-2)20-11-14-8-15(12-20)10-16(9-14)13-20;1-6-17(2,3)16(20)21-18(4,5)19-10-13-7-14(11-19)9-15(8-13)12-19;1-6-14(2,3)13(16)17-15(4,5)12-10-8-7-9-11-12;1-7-10(5,6)8(11)12-9(2,3)4;1-2-7-4-3-6(1)5-7;;;/h16-18H,6-15H2,1-5H3;14-16H,6-13H2,1-5H3;13-15H,6-12H2,1-5H3;12H,6-11H2,1-5H3;7H2,1-6H3;6-7H,1-5H2;3*1H4. The van der Waals surface area contributed by atoms with E-state index in [2.05, 4.69) is 76.2 Å². The summed E-state index contributed by atoms with van der Waals surface area (Å²) in [7, 11) is 0. The molecule has 0 aromatic heterocycles. The minimum Gasteiger partial charge on any atom is -0.460 e. The Morgan fingerprint density at radius 2 is 0.547 bits per heavy atom. The highest BCUT2D eigenvalue weighted by atomic mass is 16.6. The molecule has 2 atom stereocenters. The van der Waals surface area contributed by atoms with Crippen molar-refractivity contribution < 1.29 is 47.7 Å². The molecule has 0 radical (unpaired) electrons. The fraction of sp³-hybridized carbons (Fsp3) is 0.948. The number of rotatable bonds is 22. The van der Waals surface area contributed by atoms with Crippen LogP contribution in [0.1, 0.15) is 440 Å². The molecule has 10 heteroatoms. The van der Waals surface area contributed by atoms with Crippen molar-refractivity contribution in [2.45, 2.75) is 468 Å². The molecule has 15 saturated carbocycles. The van der Waals surface area contributed by atoms with Gasteiger partial charge in [-0.1, -0.05) is 122 Å². The van der Waals surface area contributed by atoms with E-state index in [0.29, 0.717) is 5.92 Å². The molecule has 0 aromatic carbocycles. The summed E-state index contributed by atoms with van der Waals surface area (Å²) < 4.78 is 29.9. The average Bonchev–Trinajstić information content (AvgIpc) is 1.04. The molecule has 15 aliphatic carbocycles. The van der Waals surface area contributed by atoms with Crippen molar-refractivity contribution in [2.24, 2.45) is 114 Å². The molecule has 2 unspecified atom stereocenters. The highest BCUT2D eigenvalue weighted by molar-refractivity contribution is 5.78. The molecule has 106 heavy (non-hydrogen) atoms. The average molecular weight is 1490 g/mol. The number of unbranched alkanes of at least 4 members (excludes halogenated alkanes) is 1. The van der Waals surface area contributed by atoms with Gasteiger partial charge in [0.1, 0.15) is 28.0 Å². The smallest absolute Gasteiger partial charge is 0.312 e. The lowest BCUT2D eigenvalue weighted by atomic mass is 9.45. The summed E-state index contributed by atoms with van der Waals surface area (Å²) in [5, 5.41) is 0. The van der Waals surface area contributed by atoms with Crippen LogP contribution in [0, 0.1) is 114 Å². The van der Waals surface area contributed by atoms with Crippen molar-refractivity contribution in [3.05, 3.63) is 0 Å². The lowest BCUT2D eigenvalue weighted by molar-refractivity contribution is -0.214. The van der Waals surface area contributed by atoms with Gasteiger partial charge in [-0.05, 0) is 389 Å². The molecule has 0 amide bonds. The van der Waals surface area contributed by atoms with Gasteiger partial charge < -0.3 is 23.7 Å². The third-order valence-electron chi connectivity index (χ3n) is 31.5. The van der Waals surface area contributed by atoms with Gasteiger partial charge in [-0.25, -0.2) is 0 Å². The third-order valence-corrected chi connectivity index (χ3v) is 31.5. The minimum atomic E-state index is -0.372. The van der Waals surface area contributed by atoms with E-state index in [0.717, 1.165) is 105 Å². The molecule has 0 N–H and O–H groups in total. The van der Waals surface area contributed by atoms with Gasteiger partial charge in [-0.2, -0.15) is 0 Å². The van der Waals surface area contributed by atoms with Crippen LogP contribution in [-0.2, 0) is 47.7 Å². The number of hydrogen-bond donors (Lipinski definition) is 0. The number of hydrogen-bond acceptors (Lipinski definition) is 10. The van der Waals surface area contributed by atoms with E-state index >= 15 is 0 Å². The lowest BCUT2D eigenvalue weighted by Gasteiger charge is -2.62. The maximum atomic E-state index is 12.9. The Morgan fingerprint density at radius 3 is 0.811 bits per heavy atom. The van der Waals surface area contributed by atoms with Gasteiger partial charge in [0.15, 0.2) is 0 Å². The quantitative estimate of drug-likeness (QED) is 0.0762. The zero-order valence-electron chi connectivity index (χ0n) is 72.2. The van der Waals surface area contributed by atoms with E-state index in [1.807, 2.05) is 104 Å². The predicted octanol–water partition coefficient (Wildman–Crippen LogP) is 27.6. The zero-order chi connectivity index (χ0) is 77.0. The van der Waals surface area contributed by atoms with Gasteiger partial charge in [-0.3, -0.25) is 24.0 Å². The van der Waals surface area contributed by atoms with Gasteiger partial charge in [0.2, 0.25) is 0 Å². The van der Waals surface area contributed by atoms with Crippen molar-refractivity contribution in [3.63, 3.8) is 0 Å². The summed E-state index contributed by atoms with van der Waals surface area (Å²) in [6, 6.07) is 0. The Bertz CT molecular complexity index is 2650. The molecule has 15 fully saturated rings. The molecule has 0 aliphatic heterocycles. The summed E-state index contributed by atoms with van der Waals surface area (Å²) in [6.07, 6.45) is 47.2. The fourth-order valence-corrected chi connectivity index (χ4v) is 22.6. The highest BCUT2D eigenvalue weighted by Crippen LogP contribution is 2.68. The van der Waals surface area contributed by atoms with Gasteiger partial charge in [-0.15, -0.1) is 0 Å². The first-order valence-corrected chi connectivity index (χ1v) is 43.7. The first-order chi connectivity index (χ1) is 47.6. The van der Waals surface area contributed by atoms with Crippen LogP contribution >= 0.6 is 0 Å². The zero-order valence-corrected chi connectivity index (χ0v) is 72.2. The fourth-order valence-electron chi connectivity index (χ4n) is 22.6. The van der Waals surface area contributed by atoms with Crippen molar-refractivity contribution in [1.29, 1.82) is 0 Å². The summed E-state index contributed by atoms with van der Waals surface area (Å²) in [5.74, 6) is 10.8. The molecular weight excluding hydrogens is 1310 g/mol. The van der Waals surface area contributed by atoms with E-state index in [1.165, 1.54) is 166 Å². The molecule has 0 saturated heterocycles. The Labute approximate surface area is 656 Å². The maximum Gasteiger partial charge on any atom is 0.312 e. The maximum absolute atomic E-state index is 12.9. The Kier molecular flexibility index (Phi) is 33.5. The minimum absolute atomic E-state index is 0. The molecule has 0 spiro atoms. The van der Waals surface area contributed by atoms with E-state index in [9.17, 15) is 24.0 Å². The topological polar surface area (TPSA) is 132 Å². The van der Waals surface area contributed by atoms with Crippen LogP contribution in [0.2, 0.25) is 0 Å². The second kappa shape index (κ2) is 37.1. The summed E-state index contributed by atoms with van der Waals surface area (Å²) in [6.45, 7) is 53.3. The van der Waals surface area contributed by atoms with Gasteiger partial charge >= 0.3 is 29.8 Å². The number of ether oxygens (including phenoxy) is 5. The second-order valence-electron chi connectivity index (χ2n) is 43.3. The number of fused-ring (bicyclic) bond motifs is 2. The molecule has 15 aliphatic rings. The van der Waals surface area contributed by atoms with E-state index in [1.54, 1.807) is 32.1 Å². The third kappa shape index (κ3) is 22.8. The summed E-state index contributed by atoms with van der Waals surface area (Å²) >= 11 is 0. The highest BCUT2D eigenvalue weighted by Gasteiger charge is 2.63. The van der Waals surface area contributed by atoms with Crippen LogP contribution in [0.25, 0.3) is 0 Å². The first-order valence-electron chi connectivity index (χ1n) is 43.7. The monoisotopic (exact) mass is 1490 g/mol. The Morgan fingerprint density at radius 1 is 0.292 bits per heavy atom. The van der Waals surface area contributed by atoms with Crippen molar-refractivity contribution in [1.82, 2.24) is 0 Å². The molecule has 0 aromatic rings. The number of carbonyl (C=O) groups excluding carboxylic acids is 5. The SMILES string of the molecule is C.C.C.C1CC2CCC1C2.CCC(C)(C)C(=O)OC(C)(C)C.CCC(C)(C)C(=O)OC(C)(C)C12CC3CC(CC(C3)C1)C2.CCC(C)(C)C(=O)OC(C)(C)C1CCCCC1.CCC(C)(C)C(=O)OC(C)(CC)C12CC3CC(CC(C3)C1)C2.CCCCC(C)(OC(=O)C(C)(C)CC)C12CC3CC(CC(C3)C1)C2. The predicted molar refractivity (Wildman–Crippen MR) is 444 cm³/mol. The van der Waals surface area contributed by atoms with E-state index in [4.69, 9.17) is 23.7 Å². The Balaban J connectivity index is 0.000000275. The number of carbonyl (C=O) groups is 5. The number of esters is 5. The van der Waals surface area contributed by atoms with Crippen LogP contribution in [0.5, 0.6) is 0 Å². The lowest BCUT2D eigenvalue weighted by Crippen LogP contribution is -2.59. The summed E-state index contributed by atoms with van der Waals surface area (Å²) in [4.78, 5) is 61.9. The van der Waals surface area contributed by atoms with Crippen LogP contribution in [0.4, 0.5) is 0 Å².